The zero-order valence-electron chi connectivity index (χ0n) is 5.09. The molecule has 0 aromatic rings. The lowest BCUT2D eigenvalue weighted by atomic mass is 10.5. The maximum Gasteiger partial charge on any atom is 0.314 e. The number of hydrogen-bond donors (Lipinski definition) is 3. The van der Waals surface area contributed by atoms with Gasteiger partial charge in [0.15, 0.2) is 0 Å². The summed E-state index contributed by atoms with van der Waals surface area (Å²) >= 11 is 5.05. The molecule has 0 aromatic carbocycles. The van der Waals surface area contributed by atoms with Crippen molar-refractivity contribution < 1.29 is 14.4 Å². The van der Waals surface area contributed by atoms with Crippen LogP contribution in [0.15, 0.2) is 0 Å². The van der Waals surface area contributed by atoms with Crippen LogP contribution in [0.4, 0.5) is 0 Å². The van der Waals surface area contributed by atoms with Gasteiger partial charge < -0.3 is 9.79 Å². The topological polar surface area (TPSA) is 69.6 Å². The molecule has 9 heavy (non-hydrogen) atoms. The molecule has 4 nitrogen and oxygen atoms in total. The van der Waals surface area contributed by atoms with Crippen LogP contribution in [0, 0.1) is 0 Å². The first-order valence-corrected chi connectivity index (χ1v) is 4.08. The van der Waals surface area contributed by atoms with Crippen molar-refractivity contribution in [2.24, 2.45) is 0 Å². The molecule has 3 N–H and O–H groups in total. The molecular weight excluding hydrogens is 164 g/mol. The van der Waals surface area contributed by atoms with E-state index < -0.39 is 8.25 Å². The maximum atomic E-state index is 8.74. The first-order chi connectivity index (χ1) is 4.15. The van der Waals surface area contributed by atoms with Crippen molar-refractivity contribution in [3.05, 3.63) is 0 Å². The average Bonchev–Trinajstić information content (AvgIpc) is 1.66. The zero-order valence-corrected chi connectivity index (χ0v) is 6.85. The molecule has 6 heteroatoms. The van der Waals surface area contributed by atoms with Crippen LogP contribution in [0.1, 0.15) is 13.3 Å². The van der Waals surface area contributed by atoms with Crippen LogP contribution < -0.4 is 4.84 Å². The Hall–Kier alpha value is 0.400. The molecule has 0 radical (unpaired) electrons. The second-order valence-electron chi connectivity index (χ2n) is 1.17. The third kappa shape index (κ3) is 59.7. The van der Waals surface area contributed by atoms with Gasteiger partial charge in [-0.25, -0.2) is 4.84 Å². The van der Waals surface area contributed by atoms with Gasteiger partial charge in [0.2, 0.25) is 0 Å². The highest BCUT2D eigenvalue weighted by Crippen LogP contribution is 1.98. The van der Waals surface area contributed by atoms with Crippen molar-refractivity contribution in [1.82, 2.24) is 4.84 Å². The highest BCUT2D eigenvalue weighted by atomic mass is 35.5. The van der Waals surface area contributed by atoms with E-state index in [-0.39, 0.29) is 0 Å². The molecule has 0 aliphatic carbocycles. The molecule has 0 bridgehead atoms. The normalized spacial score (nSPS) is 8.56. The lowest BCUT2D eigenvalue weighted by Gasteiger charge is -1.81. The van der Waals surface area contributed by atoms with E-state index in [0.29, 0.717) is 0 Å². The molecular formula is C3H11ClNO3P. The predicted octanol–water partition coefficient (Wildman–Crippen LogP) is 0.500. The van der Waals surface area contributed by atoms with Gasteiger partial charge in [-0.05, 0) is 18.2 Å². The number of hydrogen-bond acceptors (Lipinski definition) is 2. The Morgan fingerprint density at radius 3 is 2.00 bits per heavy atom. The number of rotatable bonds is 2. The fourth-order valence-electron chi connectivity index (χ4n) is 0.0945. The summed E-state index contributed by atoms with van der Waals surface area (Å²) in [5, 5.41) is 0. The van der Waals surface area contributed by atoms with Gasteiger partial charge in [-0.2, -0.15) is 0 Å². The summed E-state index contributed by atoms with van der Waals surface area (Å²) in [5.74, 6) is 0. The second kappa shape index (κ2) is 11.2. The molecule has 0 saturated carbocycles. The van der Waals surface area contributed by atoms with E-state index in [1.807, 2.05) is 0 Å². The van der Waals surface area contributed by atoms with Crippen molar-refractivity contribution >= 4 is 20.0 Å². The molecule has 0 aliphatic rings. The van der Waals surface area contributed by atoms with Crippen LogP contribution in [-0.2, 0) is 4.57 Å². The van der Waals surface area contributed by atoms with Crippen LogP contribution in [0.2, 0.25) is 0 Å². The highest BCUT2D eigenvalue weighted by molar-refractivity contribution is 7.30. The monoisotopic (exact) mass is 175 g/mol. The van der Waals surface area contributed by atoms with Crippen molar-refractivity contribution in [2.45, 2.75) is 13.3 Å². The third-order valence-electron chi connectivity index (χ3n) is 0.344. The molecule has 0 amide bonds. The minimum atomic E-state index is -3.13. The second-order valence-corrected chi connectivity index (χ2v) is 2.00. The van der Waals surface area contributed by atoms with Gasteiger partial charge in [0.05, 0.1) is 0 Å². The smallest absolute Gasteiger partial charge is 0.314 e. The highest BCUT2D eigenvalue weighted by Gasteiger charge is 1.67. The van der Waals surface area contributed by atoms with Crippen LogP contribution >= 0.6 is 20.0 Å². The van der Waals surface area contributed by atoms with Crippen molar-refractivity contribution in [3.8, 4) is 0 Å². The van der Waals surface area contributed by atoms with Crippen LogP contribution in [0.5, 0.6) is 0 Å². The van der Waals surface area contributed by atoms with Crippen LogP contribution in [-0.4, -0.2) is 16.3 Å². The Morgan fingerprint density at radius 2 is 2.00 bits per heavy atom. The predicted molar refractivity (Wildman–Crippen MR) is 37.6 cm³/mol. The Balaban J connectivity index is 0. The van der Waals surface area contributed by atoms with Gasteiger partial charge >= 0.3 is 8.25 Å². The van der Waals surface area contributed by atoms with Crippen molar-refractivity contribution in [3.63, 3.8) is 0 Å². The van der Waals surface area contributed by atoms with E-state index in [1.165, 1.54) is 0 Å². The largest absolute Gasteiger partial charge is 0.326 e. The fourth-order valence-corrected chi connectivity index (χ4v) is 0.283. The molecule has 0 saturated heterocycles. The van der Waals surface area contributed by atoms with Crippen molar-refractivity contribution in [2.75, 3.05) is 6.54 Å². The Kier molecular flexibility index (Phi) is 15.1. The average molecular weight is 176 g/mol. The van der Waals surface area contributed by atoms with E-state index in [9.17, 15) is 0 Å². The van der Waals surface area contributed by atoms with E-state index in [0.717, 1.165) is 13.0 Å². The molecule has 0 rings (SSSR count). The van der Waals surface area contributed by atoms with Crippen LogP contribution in [0.25, 0.3) is 0 Å². The maximum absolute atomic E-state index is 8.74. The summed E-state index contributed by atoms with van der Waals surface area (Å²) in [6.07, 6.45) is 1.10. The lowest BCUT2D eigenvalue weighted by Crippen LogP contribution is -1.96. The molecule has 0 aliphatic heterocycles. The standard InChI is InChI=1S/C3H8ClN.H3O3P/c1-2-3-5-4;1-4(2)3/h5H,2-3H2,1H3;4H,(H2,1,2,3). The van der Waals surface area contributed by atoms with Crippen molar-refractivity contribution in [1.29, 1.82) is 0 Å². The number of halogens is 1. The molecule has 0 fully saturated rings. The van der Waals surface area contributed by atoms with Gasteiger partial charge in [0.1, 0.15) is 0 Å². The Bertz CT molecular complexity index is 66.1. The van der Waals surface area contributed by atoms with Gasteiger partial charge in [-0.1, -0.05) is 6.92 Å². The summed E-state index contributed by atoms with van der Waals surface area (Å²) in [5.41, 5.74) is 0. The molecule has 0 spiro atoms. The summed E-state index contributed by atoms with van der Waals surface area (Å²) in [6.45, 7) is 2.97. The quantitative estimate of drug-likeness (QED) is 0.422. The first kappa shape index (κ1) is 12.1. The van der Waals surface area contributed by atoms with E-state index in [1.54, 1.807) is 0 Å². The van der Waals surface area contributed by atoms with E-state index >= 15 is 0 Å². The summed E-state index contributed by atoms with van der Waals surface area (Å²) in [4.78, 5) is 16.8. The lowest BCUT2D eigenvalue weighted by molar-refractivity contribution is 0.405. The molecule has 0 atom stereocenters. The summed E-state index contributed by atoms with van der Waals surface area (Å²) < 4.78 is 8.74. The van der Waals surface area contributed by atoms with Gasteiger partial charge in [-0.3, -0.25) is 4.57 Å². The molecule has 0 aromatic heterocycles. The third-order valence-corrected chi connectivity index (χ3v) is 0.533. The van der Waals surface area contributed by atoms with E-state index in [2.05, 4.69) is 11.8 Å². The fraction of sp³-hybridized carbons (Fsp3) is 1.00. The summed E-state index contributed by atoms with van der Waals surface area (Å²) in [6, 6.07) is 0. The minimum Gasteiger partial charge on any atom is -0.326 e. The van der Waals surface area contributed by atoms with Gasteiger partial charge in [0, 0.05) is 6.54 Å². The molecule has 0 heterocycles. The Morgan fingerprint density at radius 1 is 1.67 bits per heavy atom. The molecule has 0 unspecified atom stereocenters. The SMILES string of the molecule is CCCNCl.O=[PH](O)O. The first-order valence-electron chi connectivity index (χ1n) is 2.40. The number of nitrogens with one attached hydrogen (secondary N) is 1. The van der Waals surface area contributed by atoms with Crippen LogP contribution in [0.3, 0.4) is 0 Å². The van der Waals surface area contributed by atoms with Gasteiger partial charge in [0.25, 0.3) is 0 Å². The van der Waals surface area contributed by atoms with E-state index in [4.69, 9.17) is 26.1 Å². The zero-order chi connectivity index (χ0) is 7.70. The molecule has 58 valence electrons. The van der Waals surface area contributed by atoms with Gasteiger partial charge in [-0.15, -0.1) is 0 Å². The summed E-state index contributed by atoms with van der Waals surface area (Å²) in [7, 11) is -3.13. The Labute approximate surface area is 59.9 Å². The minimum absolute atomic E-state index is 0.904.